The van der Waals surface area contributed by atoms with Crippen molar-refractivity contribution in [3.05, 3.63) is 48.9 Å². The van der Waals surface area contributed by atoms with Crippen molar-refractivity contribution in [2.24, 2.45) is 5.92 Å². The monoisotopic (exact) mass is 274 g/mol. The Kier molecular flexibility index (Phi) is 4.79. The molecule has 1 N–H and O–H groups in total. The number of fused-ring (bicyclic) bond motifs is 1. The van der Waals surface area contributed by atoms with Crippen molar-refractivity contribution >= 4 is 5.91 Å². The summed E-state index contributed by atoms with van der Waals surface area (Å²) >= 11 is 0. The summed E-state index contributed by atoms with van der Waals surface area (Å²) < 4.78 is 5.10. The molecule has 1 saturated heterocycles. The van der Waals surface area contributed by atoms with E-state index >= 15 is 0 Å². The average Bonchev–Trinajstić information content (AvgIpc) is 3.13. The Morgan fingerprint density at radius 2 is 2.25 bits per heavy atom. The van der Waals surface area contributed by atoms with Gasteiger partial charge in [-0.2, -0.15) is 0 Å². The Labute approximate surface area is 120 Å². The van der Waals surface area contributed by atoms with Gasteiger partial charge < -0.3 is 10.1 Å². The number of carbonyl (C=O) groups is 1. The first kappa shape index (κ1) is 14.6. The molecule has 1 aliphatic heterocycles. The first-order valence-corrected chi connectivity index (χ1v) is 6.94. The van der Waals surface area contributed by atoms with E-state index in [1.165, 1.54) is 20.0 Å². The maximum absolute atomic E-state index is 11.8. The zero-order valence-corrected chi connectivity index (χ0v) is 12.0. The van der Waals surface area contributed by atoms with E-state index in [0.717, 1.165) is 25.0 Å². The Morgan fingerprint density at radius 3 is 2.75 bits per heavy atom. The van der Waals surface area contributed by atoms with E-state index < -0.39 is 0 Å². The lowest BCUT2D eigenvalue weighted by atomic mass is 10.3. The molecule has 20 heavy (non-hydrogen) atoms. The van der Waals surface area contributed by atoms with E-state index in [9.17, 15) is 4.79 Å². The first-order valence-electron chi connectivity index (χ1n) is 6.94. The number of hydrogen-bond donors (Lipinski definition) is 1. The van der Waals surface area contributed by atoms with Crippen LogP contribution in [0.2, 0.25) is 0 Å². The van der Waals surface area contributed by atoms with Crippen LogP contribution in [-0.2, 0) is 9.53 Å². The molecule has 0 aromatic rings. The van der Waals surface area contributed by atoms with Crippen molar-refractivity contribution in [2.75, 3.05) is 20.2 Å². The van der Waals surface area contributed by atoms with Crippen LogP contribution in [0.25, 0.3) is 0 Å². The van der Waals surface area contributed by atoms with Gasteiger partial charge in [0.05, 0.1) is 12.8 Å². The van der Waals surface area contributed by atoms with Crippen LogP contribution in [0.3, 0.4) is 0 Å². The standard InChI is InChI=1S/C16H22N2O2/c1-4-13(15(5-2)20-3)17-16(19)7-6-9-18-10-8-12-11-14(12)18/h4-7,12,14H,1-2,8-11H2,3H3,(H,17,19). The summed E-state index contributed by atoms with van der Waals surface area (Å²) in [6.45, 7) is 9.29. The molecule has 2 rings (SSSR count). The topological polar surface area (TPSA) is 41.6 Å². The van der Waals surface area contributed by atoms with Gasteiger partial charge in [0.2, 0.25) is 5.91 Å². The second-order valence-electron chi connectivity index (χ2n) is 5.13. The summed E-state index contributed by atoms with van der Waals surface area (Å²) in [6, 6.07) is 0.771. The highest BCUT2D eigenvalue weighted by atomic mass is 16.5. The van der Waals surface area contributed by atoms with E-state index in [1.807, 2.05) is 6.08 Å². The third-order valence-corrected chi connectivity index (χ3v) is 3.88. The van der Waals surface area contributed by atoms with Crippen LogP contribution in [0, 0.1) is 5.92 Å². The number of hydrogen-bond acceptors (Lipinski definition) is 3. The third kappa shape index (κ3) is 3.39. The SMILES string of the molecule is C=CC(NC(=O)C=CCN1CCC2CC21)=C(C=C)OC. The molecule has 0 spiro atoms. The van der Waals surface area contributed by atoms with Gasteiger partial charge in [-0.05, 0) is 37.5 Å². The predicted octanol–water partition coefficient (Wildman–Crippen LogP) is 1.98. The maximum Gasteiger partial charge on any atom is 0.248 e. The molecule has 2 fully saturated rings. The fraction of sp³-hybridized carbons (Fsp3) is 0.438. The molecular formula is C16H22N2O2. The minimum atomic E-state index is -0.178. The number of carbonyl (C=O) groups excluding carboxylic acids is 1. The second-order valence-corrected chi connectivity index (χ2v) is 5.13. The van der Waals surface area contributed by atoms with Crippen molar-refractivity contribution in [2.45, 2.75) is 18.9 Å². The zero-order valence-electron chi connectivity index (χ0n) is 12.0. The van der Waals surface area contributed by atoms with Gasteiger partial charge in [-0.3, -0.25) is 9.69 Å². The van der Waals surface area contributed by atoms with Crippen LogP contribution in [0.4, 0.5) is 0 Å². The lowest BCUT2D eigenvalue weighted by Crippen LogP contribution is -2.24. The van der Waals surface area contributed by atoms with Gasteiger partial charge in [0.15, 0.2) is 0 Å². The Hall–Kier alpha value is -1.81. The molecule has 2 atom stereocenters. The molecule has 2 aliphatic rings. The molecule has 0 radical (unpaired) electrons. The number of nitrogens with one attached hydrogen (secondary N) is 1. The van der Waals surface area contributed by atoms with Crippen LogP contribution in [0.1, 0.15) is 12.8 Å². The van der Waals surface area contributed by atoms with E-state index in [0.29, 0.717) is 11.5 Å². The van der Waals surface area contributed by atoms with Gasteiger partial charge in [0, 0.05) is 18.7 Å². The Balaban J connectivity index is 1.83. The largest absolute Gasteiger partial charge is 0.495 e. The van der Waals surface area contributed by atoms with Crippen molar-refractivity contribution in [1.82, 2.24) is 10.2 Å². The highest BCUT2D eigenvalue weighted by Gasteiger charge is 2.45. The molecule has 0 aromatic carbocycles. The quantitative estimate of drug-likeness (QED) is 0.438. The van der Waals surface area contributed by atoms with E-state index in [4.69, 9.17) is 4.74 Å². The molecule has 1 saturated carbocycles. The van der Waals surface area contributed by atoms with E-state index in [-0.39, 0.29) is 5.91 Å². The Morgan fingerprint density at radius 1 is 1.45 bits per heavy atom. The maximum atomic E-state index is 11.8. The number of amides is 1. The minimum absolute atomic E-state index is 0.178. The van der Waals surface area contributed by atoms with Gasteiger partial charge >= 0.3 is 0 Å². The number of methoxy groups -OCH3 is 1. The third-order valence-electron chi connectivity index (χ3n) is 3.88. The molecule has 0 aromatic heterocycles. The van der Waals surface area contributed by atoms with E-state index in [1.54, 1.807) is 18.2 Å². The second kappa shape index (κ2) is 6.57. The molecule has 2 unspecified atom stereocenters. The van der Waals surface area contributed by atoms with Gasteiger partial charge in [-0.15, -0.1) is 0 Å². The summed E-state index contributed by atoms with van der Waals surface area (Å²) in [5, 5.41) is 2.74. The number of likely N-dealkylation sites (tertiary alicyclic amines) is 1. The van der Waals surface area contributed by atoms with Crippen LogP contribution in [-0.4, -0.2) is 37.0 Å². The van der Waals surface area contributed by atoms with Gasteiger partial charge in [-0.1, -0.05) is 19.2 Å². The van der Waals surface area contributed by atoms with Crippen molar-refractivity contribution in [1.29, 1.82) is 0 Å². The normalized spacial score (nSPS) is 25.9. The van der Waals surface area contributed by atoms with Crippen molar-refractivity contribution in [3.63, 3.8) is 0 Å². The number of rotatable bonds is 7. The zero-order chi connectivity index (χ0) is 14.5. The predicted molar refractivity (Wildman–Crippen MR) is 79.8 cm³/mol. The number of allylic oxidation sites excluding steroid dienone is 2. The van der Waals surface area contributed by atoms with Crippen LogP contribution in [0.5, 0.6) is 0 Å². The van der Waals surface area contributed by atoms with Crippen molar-refractivity contribution < 1.29 is 9.53 Å². The Bertz CT molecular complexity index is 465. The summed E-state index contributed by atoms with van der Waals surface area (Å²) in [7, 11) is 1.53. The molecule has 1 aliphatic carbocycles. The molecule has 0 bridgehead atoms. The smallest absolute Gasteiger partial charge is 0.248 e. The summed E-state index contributed by atoms with van der Waals surface area (Å²) in [6.07, 6.45) is 9.21. The number of nitrogens with zero attached hydrogens (tertiary/aromatic N) is 1. The minimum Gasteiger partial charge on any atom is -0.495 e. The van der Waals surface area contributed by atoms with E-state index in [2.05, 4.69) is 23.4 Å². The highest BCUT2D eigenvalue weighted by Crippen LogP contribution is 2.43. The van der Waals surface area contributed by atoms with Crippen LogP contribution >= 0.6 is 0 Å². The van der Waals surface area contributed by atoms with Crippen molar-refractivity contribution in [3.8, 4) is 0 Å². The number of ether oxygens (including phenoxy) is 1. The average molecular weight is 274 g/mol. The molecule has 4 heteroatoms. The summed E-state index contributed by atoms with van der Waals surface area (Å²) in [5.74, 6) is 1.24. The highest BCUT2D eigenvalue weighted by molar-refractivity contribution is 5.89. The van der Waals surface area contributed by atoms with Crippen LogP contribution in [0.15, 0.2) is 48.9 Å². The lowest BCUT2D eigenvalue weighted by Gasteiger charge is -2.14. The lowest BCUT2D eigenvalue weighted by molar-refractivity contribution is -0.115. The molecule has 1 heterocycles. The summed E-state index contributed by atoms with van der Waals surface area (Å²) in [4.78, 5) is 14.3. The number of piperidine rings is 1. The van der Waals surface area contributed by atoms with Gasteiger partial charge in [0.25, 0.3) is 0 Å². The van der Waals surface area contributed by atoms with Gasteiger partial charge in [-0.25, -0.2) is 0 Å². The molecular weight excluding hydrogens is 252 g/mol. The first-order chi connectivity index (χ1) is 9.69. The van der Waals surface area contributed by atoms with Crippen LogP contribution < -0.4 is 5.32 Å². The van der Waals surface area contributed by atoms with Gasteiger partial charge in [0.1, 0.15) is 5.76 Å². The summed E-state index contributed by atoms with van der Waals surface area (Å²) in [5.41, 5.74) is 0.528. The molecule has 1 amide bonds. The fourth-order valence-corrected chi connectivity index (χ4v) is 2.70. The molecule has 108 valence electrons. The molecule has 4 nitrogen and oxygen atoms in total. The fourth-order valence-electron chi connectivity index (χ4n) is 2.70.